The Labute approximate surface area is 120 Å². The standard InChI is InChI=1S/C15H14BrFO2/c1-10(18)12-3-2-4-15(7-12)19-9-11-5-13(16)8-14(17)6-11/h2-8,10,18H,9H2,1H3/t10-/m1/s1. The van der Waals surface area contributed by atoms with Gasteiger partial charge in [-0.3, -0.25) is 0 Å². The summed E-state index contributed by atoms with van der Waals surface area (Å²) in [6.07, 6.45) is -0.535. The molecule has 2 nitrogen and oxygen atoms in total. The lowest BCUT2D eigenvalue weighted by atomic mass is 10.1. The maximum absolute atomic E-state index is 13.2. The summed E-state index contributed by atoms with van der Waals surface area (Å²) in [6, 6.07) is 11.9. The lowest BCUT2D eigenvalue weighted by Gasteiger charge is -2.10. The van der Waals surface area contributed by atoms with E-state index < -0.39 is 6.10 Å². The van der Waals surface area contributed by atoms with Crippen LogP contribution in [0.25, 0.3) is 0 Å². The molecule has 0 amide bonds. The highest BCUT2D eigenvalue weighted by molar-refractivity contribution is 9.10. The molecular weight excluding hydrogens is 311 g/mol. The maximum Gasteiger partial charge on any atom is 0.124 e. The first-order chi connectivity index (χ1) is 9.04. The average molecular weight is 325 g/mol. The molecule has 2 aromatic rings. The quantitative estimate of drug-likeness (QED) is 0.912. The Morgan fingerprint density at radius 2 is 2.05 bits per heavy atom. The zero-order chi connectivity index (χ0) is 13.8. The summed E-state index contributed by atoms with van der Waals surface area (Å²) in [5, 5.41) is 9.49. The van der Waals surface area contributed by atoms with Crippen molar-refractivity contribution in [3.63, 3.8) is 0 Å². The van der Waals surface area contributed by atoms with Gasteiger partial charge >= 0.3 is 0 Å². The van der Waals surface area contributed by atoms with Crippen LogP contribution in [0.2, 0.25) is 0 Å². The number of aliphatic hydroxyl groups is 1. The minimum Gasteiger partial charge on any atom is -0.489 e. The number of hydrogen-bond acceptors (Lipinski definition) is 2. The lowest BCUT2D eigenvalue weighted by molar-refractivity contribution is 0.198. The summed E-state index contributed by atoms with van der Waals surface area (Å²) in [5.41, 5.74) is 1.53. The van der Waals surface area contributed by atoms with E-state index in [1.54, 1.807) is 19.1 Å². The van der Waals surface area contributed by atoms with Crippen molar-refractivity contribution in [3.05, 3.63) is 63.9 Å². The Hall–Kier alpha value is -1.39. The third-order valence-corrected chi connectivity index (χ3v) is 3.13. The molecule has 0 radical (unpaired) electrons. The summed E-state index contributed by atoms with van der Waals surface area (Å²) in [4.78, 5) is 0. The van der Waals surface area contributed by atoms with Gasteiger partial charge in [-0.1, -0.05) is 28.1 Å². The summed E-state index contributed by atoms with van der Waals surface area (Å²) < 4.78 is 19.5. The molecule has 0 aliphatic carbocycles. The van der Waals surface area contributed by atoms with Crippen LogP contribution < -0.4 is 4.74 Å². The molecule has 0 unspecified atom stereocenters. The van der Waals surface area contributed by atoms with E-state index in [2.05, 4.69) is 15.9 Å². The molecule has 0 aliphatic heterocycles. The highest BCUT2D eigenvalue weighted by atomic mass is 79.9. The molecule has 0 fully saturated rings. The summed E-state index contributed by atoms with van der Waals surface area (Å²) in [5.74, 6) is 0.351. The van der Waals surface area contributed by atoms with Crippen molar-refractivity contribution in [2.24, 2.45) is 0 Å². The van der Waals surface area contributed by atoms with Crippen LogP contribution in [-0.2, 0) is 6.61 Å². The van der Waals surface area contributed by atoms with E-state index in [-0.39, 0.29) is 12.4 Å². The van der Waals surface area contributed by atoms with Crippen molar-refractivity contribution < 1.29 is 14.2 Å². The van der Waals surface area contributed by atoms with Gasteiger partial charge in [0.25, 0.3) is 0 Å². The highest BCUT2D eigenvalue weighted by Gasteiger charge is 2.04. The zero-order valence-corrected chi connectivity index (χ0v) is 12.0. The van der Waals surface area contributed by atoms with Gasteiger partial charge < -0.3 is 9.84 Å². The Bertz CT molecular complexity index is 550. The number of aliphatic hydroxyl groups excluding tert-OH is 1. The fourth-order valence-corrected chi connectivity index (χ4v) is 2.24. The topological polar surface area (TPSA) is 29.5 Å². The van der Waals surface area contributed by atoms with Gasteiger partial charge in [-0.15, -0.1) is 0 Å². The molecule has 0 saturated carbocycles. The van der Waals surface area contributed by atoms with E-state index >= 15 is 0 Å². The molecule has 0 aromatic heterocycles. The average Bonchev–Trinajstić information content (AvgIpc) is 2.35. The number of benzene rings is 2. The molecule has 2 rings (SSSR count). The molecule has 1 N–H and O–H groups in total. The van der Waals surface area contributed by atoms with E-state index in [1.807, 2.05) is 18.2 Å². The van der Waals surface area contributed by atoms with Gasteiger partial charge in [0, 0.05) is 4.47 Å². The van der Waals surface area contributed by atoms with E-state index in [0.29, 0.717) is 10.2 Å². The van der Waals surface area contributed by atoms with Crippen molar-refractivity contribution in [2.75, 3.05) is 0 Å². The van der Waals surface area contributed by atoms with Gasteiger partial charge in [-0.25, -0.2) is 4.39 Å². The number of ether oxygens (including phenoxy) is 1. The number of rotatable bonds is 4. The van der Waals surface area contributed by atoms with Crippen LogP contribution in [0.5, 0.6) is 5.75 Å². The van der Waals surface area contributed by atoms with Gasteiger partial charge in [0.15, 0.2) is 0 Å². The predicted molar refractivity (Wildman–Crippen MR) is 75.5 cm³/mol. The second-order valence-corrected chi connectivity index (χ2v) is 5.23. The third kappa shape index (κ3) is 4.04. The minimum absolute atomic E-state index is 0.277. The Morgan fingerprint density at radius 3 is 2.74 bits per heavy atom. The van der Waals surface area contributed by atoms with E-state index in [4.69, 9.17) is 4.74 Å². The molecule has 1 atom stereocenters. The molecular formula is C15H14BrFO2. The van der Waals surface area contributed by atoms with Crippen LogP contribution in [0, 0.1) is 5.82 Å². The number of halogens is 2. The zero-order valence-electron chi connectivity index (χ0n) is 10.4. The first-order valence-corrected chi connectivity index (χ1v) is 6.69. The second kappa shape index (κ2) is 6.17. The van der Waals surface area contributed by atoms with Crippen molar-refractivity contribution in [1.82, 2.24) is 0 Å². The van der Waals surface area contributed by atoms with Crippen LogP contribution in [0.4, 0.5) is 4.39 Å². The fourth-order valence-electron chi connectivity index (χ4n) is 1.73. The molecule has 100 valence electrons. The van der Waals surface area contributed by atoms with Crippen LogP contribution >= 0.6 is 15.9 Å². The predicted octanol–water partition coefficient (Wildman–Crippen LogP) is 4.22. The molecule has 0 saturated heterocycles. The van der Waals surface area contributed by atoms with Crippen LogP contribution in [0.15, 0.2) is 46.9 Å². The Balaban J connectivity index is 2.07. The van der Waals surface area contributed by atoms with E-state index in [1.165, 1.54) is 12.1 Å². The third-order valence-electron chi connectivity index (χ3n) is 2.67. The Morgan fingerprint density at radius 1 is 1.26 bits per heavy atom. The normalized spacial score (nSPS) is 12.2. The number of hydrogen-bond donors (Lipinski definition) is 1. The summed E-state index contributed by atoms with van der Waals surface area (Å²) in [6.45, 7) is 1.97. The van der Waals surface area contributed by atoms with Crippen LogP contribution in [-0.4, -0.2) is 5.11 Å². The van der Waals surface area contributed by atoms with Gasteiger partial charge in [-0.05, 0) is 48.4 Å². The van der Waals surface area contributed by atoms with Crippen molar-refractivity contribution in [1.29, 1.82) is 0 Å². The molecule has 19 heavy (non-hydrogen) atoms. The lowest BCUT2D eigenvalue weighted by Crippen LogP contribution is -1.98. The van der Waals surface area contributed by atoms with Gasteiger partial charge in [0.05, 0.1) is 6.10 Å². The summed E-state index contributed by atoms with van der Waals surface area (Å²) >= 11 is 3.24. The van der Waals surface area contributed by atoms with Gasteiger partial charge in [0.2, 0.25) is 0 Å². The van der Waals surface area contributed by atoms with Crippen molar-refractivity contribution in [2.45, 2.75) is 19.6 Å². The first kappa shape index (κ1) is 14.0. The summed E-state index contributed by atoms with van der Waals surface area (Å²) in [7, 11) is 0. The van der Waals surface area contributed by atoms with Crippen molar-refractivity contribution >= 4 is 15.9 Å². The molecule has 0 bridgehead atoms. The SMILES string of the molecule is C[C@@H](O)c1cccc(OCc2cc(F)cc(Br)c2)c1. The van der Waals surface area contributed by atoms with Gasteiger partial charge in [-0.2, -0.15) is 0 Å². The van der Waals surface area contributed by atoms with Gasteiger partial charge in [0.1, 0.15) is 18.2 Å². The Kier molecular flexibility index (Phi) is 4.56. The highest BCUT2D eigenvalue weighted by Crippen LogP contribution is 2.21. The largest absolute Gasteiger partial charge is 0.489 e. The molecule has 0 aliphatic rings. The molecule has 0 spiro atoms. The van der Waals surface area contributed by atoms with E-state index in [9.17, 15) is 9.50 Å². The van der Waals surface area contributed by atoms with Crippen molar-refractivity contribution in [3.8, 4) is 5.75 Å². The van der Waals surface area contributed by atoms with E-state index in [0.717, 1.165) is 11.1 Å². The van der Waals surface area contributed by atoms with Crippen LogP contribution in [0.1, 0.15) is 24.2 Å². The maximum atomic E-state index is 13.2. The van der Waals surface area contributed by atoms with Crippen LogP contribution in [0.3, 0.4) is 0 Å². The molecule has 0 heterocycles. The smallest absolute Gasteiger partial charge is 0.124 e. The minimum atomic E-state index is -0.535. The first-order valence-electron chi connectivity index (χ1n) is 5.90. The molecule has 2 aromatic carbocycles. The fraction of sp³-hybridized carbons (Fsp3) is 0.200. The second-order valence-electron chi connectivity index (χ2n) is 4.31. The monoisotopic (exact) mass is 324 g/mol. The molecule has 4 heteroatoms.